The fourth-order valence-electron chi connectivity index (χ4n) is 2.51. The summed E-state index contributed by atoms with van der Waals surface area (Å²) < 4.78 is 0. The molecule has 0 radical (unpaired) electrons. The standard InChI is InChI=1S/C14H21ClN2/c1-3-16-12-7-8-14(13(15)10-12)17-9-5-4-6-11(17)2/h7-8,10-11,16H,3-6,9H2,1-2H3/t11-/m0/s1. The molecule has 1 aromatic carbocycles. The van der Waals surface area contributed by atoms with Crippen LogP contribution in [0.3, 0.4) is 0 Å². The molecular formula is C14H21ClN2. The molecule has 94 valence electrons. The fraction of sp³-hybridized carbons (Fsp3) is 0.571. The first-order valence-electron chi connectivity index (χ1n) is 6.52. The molecule has 0 spiro atoms. The van der Waals surface area contributed by atoms with Gasteiger partial charge < -0.3 is 10.2 Å². The largest absolute Gasteiger partial charge is 0.385 e. The maximum absolute atomic E-state index is 6.38. The van der Waals surface area contributed by atoms with E-state index in [2.05, 4.69) is 36.2 Å². The number of piperidine rings is 1. The molecule has 0 aliphatic carbocycles. The summed E-state index contributed by atoms with van der Waals surface area (Å²) in [6.07, 6.45) is 3.88. The number of anilines is 2. The van der Waals surface area contributed by atoms with E-state index in [4.69, 9.17) is 11.6 Å². The molecule has 1 atom stereocenters. The Hall–Kier alpha value is -0.890. The Bertz CT molecular complexity index is 378. The Morgan fingerprint density at radius 3 is 2.88 bits per heavy atom. The van der Waals surface area contributed by atoms with Gasteiger partial charge in [0, 0.05) is 24.8 Å². The lowest BCUT2D eigenvalue weighted by Crippen LogP contribution is -2.37. The third-order valence-corrected chi connectivity index (χ3v) is 3.74. The number of benzene rings is 1. The summed E-state index contributed by atoms with van der Waals surface area (Å²) in [6.45, 7) is 6.43. The highest BCUT2D eigenvalue weighted by atomic mass is 35.5. The van der Waals surface area contributed by atoms with Gasteiger partial charge in [0.1, 0.15) is 0 Å². The van der Waals surface area contributed by atoms with Gasteiger partial charge in [0.05, 0.1) is 10.7 Å². The fourth-order valence-corrected chi connectivity index (χ4v) is 2.80. The molecule has 1 saturated heterocycles. The van der Waals surface area contributed by atoms with E-state index in [9.17, 15) is 0 Å². The van der Waals surface area contributed by atoms with Crippen molar-refractivity contribution in [1.82, 2.24) is 0 Å². The van der Waals surface area contributed by atoms with Crippen molar-refractivity contribution in [3.8, 4) is 0 Å². The van der Waals surface area contributed by atoms with Crippen LogP contribution in [0.15, 0.2) is 18.2 Å². The van der Waals surface area contributed by atoms with Crippen LogP contribution in [0.2, 0.25) is 5.02 Å². The molecule has 2 nitrogen and oxygen atoms in total. The molecule has 1 aliphatic rings. The normalized spacial score (nSPS) is 20.4. The van der Waals surface area contributed by atoms with E-state index in [0.717, 1.165) is 23.8 Å². The summed E-state index contributed by atoms with van der Waals surface area (Å²) in [6, 6.07) is 6.89. The molecule has 1 aliphatic heterocycles. The highest BCUT2D eigenvalue weighted by molar-refractivity contribution is 6.33. The molecule has 3 heteroatoms. The van der Waals surface area contributed by atoms with Crippen LogP contribution in [0.1, 0.15) is 33.1 Å². The Kier molecular flexibility index (Phi) is 4.16. The Balaban J connectivity index is 2.20. The van der Waals surface area contributed by atoms with Gasteiger partial charge in [-0.3, -0.25) is 0 Å². The van der Waals surface area contributed by atoms with Crippen LogP contribution >= 0.6 is 11.6 Å². The van der Waals surface area contributed by atoms with Crippen molar-refractivity contribution in [2.45, 2.75) is 39.2 Å². The third-order valence-electron chi connectivity index (χ3n) is 3.44. The number of rotatable bonds is 3. The zero-order chi connectivity index (χ0) is 12.3. The van der Waals surface area contributed by atoms with Crippen LogP contribution in [0.25, 0.3) is 0 Å². The van der Waals surface area contributed by atoms with E-state index in [1.165, 1.54) is 24.9 Å². The molecule has 17 heavy (non-hydrogen) atoms. The van der Waals surface area contributed by atoms with Gasteiger partial charge in [0.15, 0.2) is 0 Å². The maximum Gasteiger partial charge on any atom is 0.0660 e. The summed E-state index contributed by atoms with van der Waals surface area (Å²) >= 11 is 6.38. The van der Waals surface area contributed by atoms with Gasteiger partial charge >= 0.3 is 0 Å². The van der Waals surface area contributed by atoms with Gasteiger partial charge in [-0.2, -0.15) is 0 Å². The van der Waals surface area contributed by atoms with E-state index in [-0.39, 0.29) is 0 Å². The topological polar surface area (TPSA) is 15.3 Å². The van der Waals surface area contributed by atoms with Crippen LogP contribution in [0.4, 0.5) is 11.4 Å². The number of nitrogens with one attached hydrogen (secondary N) is 1. The highest BCUT2D eigenvalue weighted by Crippen LogP contribution is 2.32. The van der Waals surface area contributed by atoms with Crippen LogP contribution < -0.4 is 10.2 Å². The van der Waals surface area contributed by atoms with E-state index in [1.807, 2.05) is 6.07 Å². The van der Waals surface area contributed by atoms with Crippen LogP contribution in [0.5, 0.6) is 0 Å². The van der Waals surface area contributed by atoms with Gasteiger partial charge in [0.25, 0.3) is 0 Å². The summed E-state index contributed by atoms with van der Waals surface area (Å²) in [5.41, 5.74) is 2.28. The molecule has 1 fully saturated rings. The minimum absolute atomic E-state index is 0.603. The van der Waals surface area contributed by atoms with Crippen LogP contribution in [-0.2, 0) is 0 Å². The number of hydrogen-bond donors (Lipinski definition) is 1. The quantitative estimate of drug-likeness (QED) is 0.869. The monoisotopic (exact) mass is 252 g/mol. The van der Waals surface area contributed by atoms with Gasteiger partial charge in [-0.05, 0) is 51.3 Å². The van der Waals surface area contributed by atoms with Crippen molar-refractivity contribution in [2.75, 3.05) is 23.3 Å². The molecule has 2 rings (SSSR count). The second-order valence-electron chi connectivity index (χ2n) is 4.73. The zero-order valence-corrected chi connectivity index (χ0v) is 11.4. The predicted molar refractivity (Wildman–Crippen MR) is 76.3 cm³/mol. The van der Waals surface area contributed by atoms with Gasteiger partial charge in [0.2, 0.25) is 0 Å². The molecule has 0 saturated carbocycles. The first-order chi connectivity index (χ1) is 8.22. The Labute approximate surface area is 109 Å². The van der Waals surface area contributed by atoms with Crippen LogP contribution in [0, 0.1) is 0 Å². The maximum atomic E-state index is 6.38. The molecule has 0 amide bonds. The van der Waals surface area contributed by atoms with Crippen molar-refractivity contribution in [2.24, 2.45) is 0 Å². The lowest BCUT2D eigenvalue weighted by atomic mass is 10.0. The van der Waals surface area contributed by atoms with Gasteiger partial charge in [-0.15, -0.1) is 0 Å². The second-order valence-corrected chi connectivity index (χ2v) is 5.14. The van der Waals surface area contributed by atoms with Crippen molar-refractivity contribution >= 4 is 23.0 Å². The lowest BCUT2D eigenvalue weighted by Gasteiger charge is -2.36. The Morgan fingerprint density at radius 2 is 2.24 bits per heavy atom. The minimum atomic E-state index is 0.603. The number of hydrogen-bond acceptors (Lipinski definition) is 2. The lowest BCUT2D eigenvalue weighted by molar-refractivity contribution is 0.485. The van der Waals surface area contributed by atoms with Crippen molar-refractivity contribution in [3.05, 3.63) is 23.2 Å². The third kappa shape index (κ3) is 2.86. The smallest absolute Gasteiger partial charge is 0.0660 e. The minimum Gasteiger partial charge on any atom is -0.385 e. The molecule has 0 aromatic heterocycles. The van der Waals surface area contributed by atoms with Crippen molar-refractivity contribution in [1.29, 1.82) is 0 Å². The van der Waals surface area contributed by atoms with E-state index >= 15 is 0 Å². The van der Waals surface area contributed by atoms with Crippen LogP contribution in [-0.4, -0.2) is 19.1 Å². The van der Waals surface area contributed by atoms with E-state index in [1.54, 1.807) is 0 Å². The first-order valence-corrected chi connectivity index (χ1v) is 6.90. The molecule has 1 heterocycles. The number of nitrogens with zero attached hydrogens (tertiary/aromatic N) is 1. The summed E-state index contributed by atoms with van der Waals surface area (Å²) in [5.74, 6) is 0. The second kappa shape index (κ2) is 5.63. The average molecular weight is 253 g/mol. The first kappa shape index (κ1) is 12.6. The summed E-state index contributed by atoms with van der Waals surface area (Å²) in [4.78, 5) is 2.43. The Morgan fingerprint density at radius 1 is 1.41 bits per heavy atom. The predicted octanol–water partition coefficient (Wildman–Crippen LogP) is 4.15. The summed E-state index contributed by atoms with van der Waals surface area (Å²) in [7, 11) is 0. The average Bonchev–Trinajstić information content (AvgIpc) is 2.31. The van der Waals surface area contributed by atoms with E-state index in [0.29, 0.717) is 6.04 Å². The SMILES string of the molecule is CCNc1ccc(N2CCCC[C@@H]2C)c(Cl)c1. The zero-order valence-electron chi connectivity index (χ0n) is 10.7. The van der Waals surface area contributed by atoms with E-state index < -0.39 is 0 Å². The molecule has 0 bridgehead atoms. The van der Waals surface area contributed by atoms with Gasteiger partial charge in [-0.1, -0.05) is 11.6 Å². The molecule has 0 unspecified atom stereocenters. The van der Waals surface area contributed by atoms with Gasteiger partial charge in [-0.25, -0.2) is 0 Å². The molecule has 1 N–H and O–H groups in total. The summed E-state index contributed by atoms with van der Waals surface area (Å²) in [5, 5.41) is 4.15. The molecule has 1 aromatic rings. The number of halogens is 1. The van der Waals surface area contributed by atoms with Crippen molar-refractivity contribution in [3.63, 3.8) is 0 Å². The van der Waals surface area contributed by atoms with Crippen molar-refractivity contribution < 1.29 is 0 Å². The molecular weight excluding hydrogens is 232 g/mol. The highest BCUT2D eigenvalue weighted by Gasteiger charge is 2.20.